The van der Waals surface area contributed by atoms with Gasteiger partial charge in [0.25, 0.3) is 0 Å². The van der Waals surface area contributed by atoms with Crippen molar-refractivity contribution >= 4 is 18.9 Å². The molecule has 0 aromatic heterocycles. The van der Waals surface area contributed by atoms with Crippen molar-refractivity contribution in [3.05, 3.63) is 35.9 Å². The summed E-state index contributed by atoms with van der Waals surface area (Å²) < 4.78 is 0. The van der Waals surface area contributed by atoms with Crippen molar-refractivity contribution in [3.8, 4) is 0 Å². The molecule has 1 nitrogen and oxygen atoms in total. The van der Waals surface area contributed by atoms with E-state index in [0.29, 0.717) is 0 Å². The number of aliphatic hydroxyl groups is 1. The first kappa shape index (κ1) is 8.78. The monoisotopic (exact) mass is 116 g/mol. The third-order valence-electron chi connectivity index (χ3n) is 1.03. The fraction of sp³-hybridized carbons (Fsp3) is 0.143. The van der Waals surface area contributed by atoms with Crippen LogP contribution in [0.1, 0.15) is 5.56 Å². The molecular formula is C7H9LiO. The van der Waals surface area contributed by atoms with E-state index >= 15 is 0 Å². The molecule has 0 aliphatic heterocycles. The molecule has 0 bridgehead atoms. The fourth-order valence-electron chi connectivity index (χ4n) is 0.583. The maximum atomic E-state index is 8.54. The third-order valence-corrected chi connectivity index (χ3v) is 1.03. The van der Waals surface area contributed by atoms with Crippen molar-refractivity contribution in [3.63, 3.8) is 0 Å². The fourth-order valence-corrected chi connectivity index (χ4v) is 0.583. The standard InChI is InChI=1S/C7H8O.Li.H/c8-6-7-4-2-1-3-5-7;;/h1-5,8H,6H2;;. The van der Waals surface area contributed by atoms with E-state index in [1.54, 1.807) is 0 Å². The molecule has 1 N–H and O–H groups in total. The molecule has 1 aromatic carbocycles. The Kier molecular flexibility index (Phi) is 4.52. The van der Waals surface area contributed by atoms with Gasteiger partial charge < -0.3 is 5.11 Å². The molecular weight excluding hydrogens is 107 g/mol. The zero-order valence-electron chi connectivity index (χ0n) is 4.54. The van der Waals surface area contributed by atoms with Gasteiger partial charge in [0.1, 0.15) is 0 Å². The Bertz CT molecular complexity index is 150. The molecule has 9 heavy (non-hydrogen) atoms. The summed E-state index contributed by atoms with van der Waals surface area (Å²) in [4.78, 5) is 0. The SMILES string of the molecule is OCc1ccccc1.[LiH]. The van der Waals surface area contributed by atoms with Gasteiger partial charge in [-0.15, -0.1) is 0 Å². The first-order chi connectivity index (χ1) is 3.93. The summed E-state index contributed by atoms with van der Waals surface area (Å²) in [7, 11) is 0. The van der Waals surface area contributed by atoms with Crippen molar-refractivity contribution in [2.24, 2.45) is 0 Å². The van der Waals surface area contributed by atoms with Crippen molar-refractivity contribution in [1.29, 1.82) is 0 Å². The van der Waals surface area contributed by atoms with Crippen LogP contribution >= 0.6 is 0 Å². The second kappa shape index (κ2) is 4.64. The van der Waals surface area contributed by atoms with E-state index in [1.807, 2.05) is 30.3 Å². The molecule has 1 rings (SSSR count). The van der Waals surface area contributed by atoms with Crippen molar-refractivity contribution < 1.29 is 5.11 Å². The van der Waals surface area contributed by atoms with E-state index in [1.165, 1.54) is 0 Å². The topological polar surface area (TPSA) is 20.2 Å². The summed E-state index contributed by atoms with van der Waals surface area (Å²) in [5.74, 6) is 0. The Morgan fingerprint density at radius 2 is 1.67 bits per heavy atom. The van der Waals surface area contributed by atoms with Crippen LogP contribution in [0.4, 0.5) is 0 Å². The van der Waals surface area contributed by atoms with Gasteiger partial charge in [-0.25, -0.2) is 0 Å². The van der Waals surface area contributed by atoms with E-state index in [0.717, 1.165) is 5.56 Å². The van der Waals surface area contributed by atoms with Gasteiger partial charge in [-0.2, -0.15) is 0 Å². The van der Waals surface area contributed by atoms with Crippen molar-refractivity contribution in [2.45, 2.75) is 6.61 Å². The first-order valence-corrected chi connectivity index (χ1v) is 2.58. The normalized spacial score (nSPS) is 8.11. The van der Waals surface area contributed by atoms with Crippen LogP contribution in [0.2, 0.25) is 0 Å². The molecule has 0 aliphatic carbocycles. The summed E-state index contributed by atoms with van der Waals surface area (Å²) in [6.07, 6.45) is 0. The molecule has 0 radical (unpaired) electrons. The zero-order valence-corrected chi connectivity index (χ0v) is 4.54. The van der Waals surface area contributed by atoms with Gasteiger partial charge in [0.15, 0.2) is 0 Å². The van der Waals surface area contributed by atoms with Crippen LogP contribution in [0.25, 0.3) is 0 Å². The Hall–Kier alpha value is -0.223. The molecule has 0 amide bonds. The minimum atomic E-state index is 0. The van der Waals surface area contributed by atoms with E-state index in [4.69, 9.17) is 5.11 Å². The van der Waals surface area contributed by atoms with Crippen LogP contribution < -0.4 is 0 Å². The Balaban J connectivity index is 0.000000640. The summed E-state index contributed by atoms with van der Waals surface area (Å²) >= 11 is 0. The van der Waals surface area contributed by atoms with Crippen molar-refractivity contribution in [2.75, 3.05) is 0 Å². The number of hydrogen-bond acceptors (Lipinski definition) is 1. The molecule has 0 saturated carbocycles. The number of hydrogen-bond donors (Lipinski definition) is 1. The zero-order chi connectivity index (χ0) is 5.82. The molecule has 0 saturated heterocycles. The Morgan fingerprint density at radius 1 is 1.11 bits per heavy atom. The number of rotatable bonds is 1. The molecule has 0 atom stereocenters. The Labute approximate surface area is 66.9 Å². The molecule has 44 valence electrons. The van der Waals surface area contributed by atoms with E-state index in [2.05, 4.69) is 0 Å². The summed E-state index contributed by atoms with van der Waals surface area (Å²) in [6, 6.07) is 9.52. The number of benzene rings is 1. The molecule has 1 aromatic rings. The van der Waals surface area contributed by atoms with E-state index < -0.39 is 0 Å². The van der Waals surface area contributed by atoms with E-state index in [-0.39, 0.29) is 25.5 Å². The predicted octanol–water partition coefficient (Wildman–Crippen LogP) is 0.530. The summed E-state index contributed by atoms with van der Waals surface area (Å²) in [5.41, 5.74) is 0.965. The van der Waals surface area contributed by atoms with Crippen LogP contribution in [-0.4, -0.2) is 24.0 Å². The molecule has 0 spiro atoms. The quantitative estimate of drug-likeness (QED) is 0.530. The molecule has 0 aliphatic rings. The predicted molar refractivity (Wildman–Crippen MR) is 39.5 cm³/mol. The molecule has 0 fully saturated rings. The van der Waals surface area contributed by atoms with Gasteiger partial charge in [-0.05, 0) is 5.56 Å². The van der Waals surface area contributed by atoms with Crippen LogP contribution in [0.15, 0.2) is 30.3 Å². The summed E-state index contributed by atoms with van der Waals surface area (Å²) in [5, 5.41) is 8.54. The van der Waals surface area contributed by atoms with Gasteiger partial charge in [-0.1, -0.05) is 30.3 Å². The summed E-state index contributed by atoms with van der Waals surface area (Å²) in [6.45, 7) is 0.140. The Morgan fingerprint density at radius 3 is 2.00 bits per heavy atom. The van der Waals surface area contributed by atoms with Gasteiger partial charge in [0.05, 0.1) is 6.61 Å². The molecule has 2 heteroatoms. The van der Waals surface area contributed by atoms with Crippen LogP contribution in [0.3, 0.4) is 0 Å². The van der Waals surface area contributed by atoms with Crippen LogP contribution in [0.5, 0.6) is 0 Å². The maximum absolute atomic E-state index is 8.54. The van der Waals surface area contributed by atoms with Gasteiger partial charge in [-0.3, -0.25) is 0 Å². The number of aliphatic hydroxyl groups excluding tert-OH is 1. The van der Waals surface area contributed by atoms with Crippen LogP contribution in [0, 0.1) is 0 Å². The van der Waals surface area contributed by atoms with Crippen molar-refractivity contribution in [1.82, 2.24) is 0 Å². The molecule has 0 unspecified atom stereocenters. The second-order valence-electron chi connectivity index (χ2n) is 1.64. The van der Waals surface area contributed by atoms with Gasteiger partial charge in [0, 0.05) is 0 Å². The molecule has 0 heterocycles. The average molecular weight is 116 g/mol. The second-order valence-corrected chi connectivity index (χ2v) is 1.64. The first-order valence-electron chi connectivity index (χ1n) is 2.58. The average Bonchev–Trinajstić information content (AvgIpc) is 1.90. The third kappa shape index (κ3) is 2.72. The van der Waals surface area contributed by atoms with Gasteiger partial charge in [0.2, 0.25) is 0 Å². The van der Waals surface area contributed by atoms with Crippen LogP contribution in [-0.2, 0) is 6.61 Å². The minimum absolute atomic E-state index is 0. The van der Waals surface area contributed by atoms with Gasteiger partial charge >= 0.3 is 18.9 Å². The van der Waals surface area contributed by atoms with E-state index in [9.17, 15) is 0 Å².